The monoisotopic (exact) mass is 260 g/mol. The Balaban J connectivity index is 2.20. The molecule has 0 bridgehead atoms. The summed E-state index contributed by atoms with van der Waals surface area (Å²) in [6.45, 7) is 8.56. The van der Waals surface area contributed by atoms with Crippen LogP contribution in [-0.2, 0) is 0 Å². The Kier molecular flexibility index (Phi) is 5.00. The van der Waals surface area contributed by atoms with Crippen LogP contribution in [0.4, 0.5) is 0 Å². The third-order valence-electron chi connectivity index (χ3n) is 4.19. The molecule has 0 amide bonds. The van der Waals surface area contributed by atoms with Gasteiger partial charge < -0.3 is 5.73 Å². The van der Waals surface area contributed by atoms with Gasteiger partial charge in [0.1, 0.15) is 0 Å². The van der Waals surface area contributed by atoms with Gasteiger partial charge in [0.25, 0.3) is 0 Å². The normalized spacial score (nSPS) is 16.9. The maximum atomic E-state index is 6.11. The number of benzene rings is 1. The van der Waals surface area contributed by atoms with Crippen molar-refractivity contribution in [1.82, 2.24) is 4.90 Å². The lowest BCUT2D eigenvalue weighted by atomic mass is 9.97. The molecule has 1 aromatic carbocycles. The summed E-state index contributed by atoms with van der Waals surface area (Å²) in [4.78, 5) is 2.65. The maximum absolute atomic E-state index is 6.11. The van der Waals surface area contributed by atoms with Gasteiger partial charge in [0.05, 0.1) is 0 Å². The predicted octanol–water partition coefficient (Wildman–Crippen LogP) is 3.57. The minimum atomic E-state index is 0.402. The van der Waals surface area contributed by atoms with Crippen LogP contribution in [0.25, 0.3) is 0 Å². The number of nitrogens with zero attached hydrogens (tertiary/aromatic N) is 1. The van der Waals surface area contributed by atoms with Crippen molar-refractivity contribution in [3.05, 3.63) is 34.9 Å². The van der Waals surface area contributed by atoms with Gasteiger partial charge in [-0.2, -0.15) is 0 Å². The van der Waals surface area contributed by atoms with E-state index in [9.17, 15) is 0 Å². The van der Waals surface area contributed by atoms with Crippen molar-refractivity contribution >= 4 is 0 Å². The molecule has 2 heteroatoms. The van der Waals surface area contributed by atoms with Crippen LogP contribution in [0.5, 0.6) is 0 Å². The fourth-order valence-electron chi connectivity index (χ4n) is 2.98. The van der Waals surface area contributed by atoms with Crippen LogP contribution in [0.15, 0.2) is 18.2 Å². The van der Waals surface area contributed by atoms with E-state index in [4.69, 9.17) is 5.73 Å². The number of unbranched alkanes of at least 4 members (excludes halogenated alkanes) is 1. The average Bonchev–Trinajstić information content (AvgIpc) is 3.20. The Bertz CT molecular complexity index is 410. The van der Waals surface area contributed by atoms with Crippen LogP contribution in [-0.4, -0.2) is 24.0 Å². The fraction of sp³-hybridized carbons (Fsp3) is 0.647. The smallest absolute Gasteiger partial charge is 0.0476 e. The molecule has 0 spiro atoms. The SMILES string of the molecule is CCCCN(C1CC1)C(CN)c1ccc(C)cc1C. The van der Waals surface area contributed by atoms with Crippen molar-refractivity contribution in [2.45, 2.75) is 58.5 Å². The fourth-order valence-corrected chi connectivity index (χ4v) is 2.98. The third kappa shape index (κ3) is 3.58. The van der Waals surface area contributed by atoms with Crippen molar-refractivity contribution in [2.24, 2.45) is 5.73 Å². The van der Waals surface area contributed by atoms with Gasteiger partial charge in [-0.1, -0.05) is 37.1 Å². The second-order valence-corrected chi connectivity index (χ2v) is 5.93. The van der Waals surface area contributed by atoms with Crippen LogP contribution >= 0.6 is 0 Å². The zero-order valence-electron chi connectivity index (χ0n) is 12.7. The summed E-state index contributed by atoms with van der Waals surface area (Å²) in [5.41, 5.74) is 10.3. The van der Waals surface area contributed by atoms with Crippen molar-refractivity contribution in [3.8, 4) is 0 Å². The van der Waals surface area contributed by atoms with E-state index in [2.05, 4.69) is 43.9 Å². The number of nitrogens with two attached hydrogens (primary N) is 1. The Hall–Kier alpha value is -0.860. The lowest BCUT2D eigenvalue weighted by Crippen LogP contribution is -2.36. The Morgan fingerprint density at radius 2 is 2.05 bits per heavy atom. The minimum absolute atomic E-state index is 0.402. The largest absolute Gasteiger partial charge is 0.329 e. The van der Waals surface area contributed by atoms with E-state index in [1.165, 1.54) is 48.9 Å². The molecule has 0 heterocycles. The molecule has 2 nitrogen and oxygen atoms in total. The molecular weight excluding hydrogens is 232 g/mol. The first-order chi connectivity index (χ1) is 9.17. The van der Waals surface area contributed by atoms with Gasteiger partial charge in [-0.05, 0) is 50.8 Å². The van der Waals surface area contributed by atoms with Crippen LogP contribution in [0, 0.1) is 13.8 Å². The lowest BCUT2D eigenvalue weighted by molar-refractivity contribution is 0.187. The van der Waals surface area contributed by atoms with Gasteiger partial charge in [-0.15, -0.1) is 0 Å². The molecule has 106 valence electrons. The van der Waals surface area contributed by atoms with Gasteiger partial charge >= 0.3 is 0 Å². The van der Waals surface area contributed by atoms with Gasteiger partial charge in [0, 0.05) is 18.6 Å². The van der Waals surface area contributed by atoms with Gasteiger partial charge in [-0.3, -0.25) is 4.90 Å². The van der Waals surface area contributed by atoms with Crippen molar-refractivity contribution in [2.75, 3.05) is 13.1 Å². The standard InChI is InChI=1S/C17H28N2/c1-4-5-10-19(15-7-8-15)17(12-18)16-9-6-13(2)11-14(16)3/h6,9,11,15,17H,4-5,7-8,10,12,18H2,1-3H3. The molecule has 0 aromatic heterocycles. The van der Waals surface area contributed by atoms with Crippen LogP contribution in [0.2, 0.25) is 0 Å². The molecule has 1 atom stereocenters. The zero-order valence-corrected chi connectivity index (χ0v) is 12.7. The quantitative estimate of drug-likeness (QED) is 0.812. The molecule has 1 fully saturated rings. The highest BCUT2D eigenvalue weighted by atomic mass is 15.2. The van der Waals surface area contributed by atoms with Crippen LogP contribution < -0.4 is 5.73 Å². The number of hydrogen-bond donors (Lipinski definition) is 1. The molecule has 19 heavy (non-hydrogen) atoms. The topological polar surface area (TPSA) is 29.3 Å². The van der Waals surface area contributed by atoms with Crippen molar-refractivity contribution < 1.29 is 0 Å². The molecule has 1 saturated carbocycles. The summed E-state index contributed by atoms with van der Waals surface area (Å²) in [6, 6.07) is 7.96. The predicted molar refractivity (Wildman–Crippen MR) is 82.3 cm³/mol. The van der Waals surface area contributed by atoms with Crippen LogP contribution in [0.1, 0.15) is 55.3 Å². The maximum Gasteiger partial charge on any atom is 0.0476 e. The first-order valence-electron chi connectivity index (χ1n) is 7.70. The molecule has 0 aliphatic heterocycles. The molecule has 1 unspecified atom stereocenters. The van der Waals surface area contributed by atoms with E-state index in [1.807, 2.05) is 0 Å². The Labute approximate surface area is 118 Å². The summed E-state index contributed by atoms with van der Waals surface area (Å²) < 4.78 is 0. The summed E-state index contributed by atoms with van der Waals surface area (Å²) in [7, 11) is 0. The first-order valence-corrected chi connectivity index (χ1v) is 7.70. The van der Waals surface area contributed by atoms with Crippen molar-refractivity contribution in [3.63, 3.8) is 0 Å². The van der Waals surface area contributed by atoms with E-state index in [-0.39, 0.29) is 0 Å². The zero-order chi connectivity index (χ0) is 13.8. The van der Waals surface area contributed by atoms with E-state index in [0.29, 0.717) is 6.04 Å². The molecule has 2 N–H and O–H groups in total. The molecular formula is C17H28N2. The third-order valence-corrected chi connectivity index (χ3v) is 4.19. The molecule has 1 aliphatic carbocycles. The summed E-state index contributed by atoms with van der Waals surface area (Å²) >= 11 is 0. The van der Waals surface area contributed by atoms with E-state index in [0.717, 1.165) is 12.6 Å². The lowest BCUT2D eigenvalue weighted by Gasteiger charge is -2.32. The highest BCUT2D eigenvalue weighted by molar-refractivity contribution is 5.33. The summed E-state index contributed by atoms with van der Waals surface area (Å²) in [5.74, 6) is 0. The summed E-state index contributed by atoms with van der Waals surface area (Å²) in [5, 5.41) is 0. The number of aryl methyl sites for hydroxylation is 2. The number of rotatable bonds is 7. The van der Waals surface area contributed by atoms with Gasteiger partial charge in [-0.25, -0.2) is 0 Å². The van der Waals surface area contributed by atoms with Gasteiger partial charge in [0.15, 0.2) is 0 Å². The first kappa shape index (κ1) is 14.5. The van der Waals surface area contributed by atoms with Crippen LogP contribution in [0.3, 0.4) is 0 Å². The second kappa shape index (κ2) is 6.53. The number of hydrogen-bond acceptors (Lipinski definition) is 2. The molecule has 1 aliphatic rings. The molecule has 1 aromatic rings. The average molecular weight is 260 g/mol. The Morgan fingerprint density at radius 1 is 1.32 bits per heavy atom. The second-order valence-electron chi connectivity index (χ2n) is 5.93. The highest BCUT2D eigenvalue weighted by Gasteiger charge is 2.33. The minimum Gasteiger partial charge on any atom is -0.329 e. The van der Waals surface area contributed by atoms with E-state index < -0.39 is 0 Å². The molecule has 0 saturated heterocycles. The van der Waals surface area contributed by atoms with Gasteiger partial charge in [0.2, 0.25) is 0 Å². The Morgan fingerprint density at radius 3 is 2.58 bits per heavy atom. The van der Waals surface area contributed by atoms with E-state index in [1.54, 1.807) is 0 Å². The molecule has 2 rings (SSSR count). The van der Waals surface area contributed by atoms with Crippen molar-refractivity contribution in [1.29, 1.82) is 0 Å². The summed E-state index contributed by atoms with van der Waals surface area (Å²) in [6.07, 6.45) is 5.24. The molecule has 0 radical (unpaired) electrons. The highest BCUT2D eigenvalue weighted by Crippen LogP contribution is 2.35. The van der Waals surface area contributed by atoms with E-state index >= 15 is 0 Å².